The number of hydrogen-bond donors (Lipinski definition) is 1. The van der Waals surface area contributed by atoms with Crippen LogP contribution in [0.2, 0.25) is 0 Å². The number of anilines is 1. The van der Waals surface area contributed by atoms with Crippen molar-refractivity contribution >= 4 is 17.0 Å². The lowest BCUT2D eigenvalue weighted by molar-refractivity contribution is 0.921. The Labute approximate surface area is 103 Å². The highest BCUT2D eigenvalue weighted by atomic mass is 15.1. The van der Waals surface area contributed by atoms with Gasteiger partial charge >= 0.3 is 0 Å². The predicted molar refractivity (Wildman–Crippen MR) is 66.7 cm³/mol. The van der Waals surface area contributed by atoms with Crippen LogP contribution >= 0.6 is 0 Å². The first kappa shape index (κ1) is 10.5. The Balaban J connectivity index is 1.79. The Morgan fingerprint density at radius 3 is 2.83 bits per heavy atom. The first-order valence-electron chi connectivity index (χ1n) is 5.50. The summed E-state index contributed by atoms with van der Waals surface area (Å²) in [5.41, 5.74) is 2.27. The third kappa shape index (κ3) is 2.22. The van der Waals surface area contributed by atoms with Crippen molar-refractivity contribution in [3.63, 3.8) is 0 Å². The van der Waals surface area contributed by atoms with Crippen LogP contribution in [0.25, 0.3) is 11.2 Å². The zero-order valence-corrected chi connectivity index (χ0v) is 9.48. The van der Waals surface area contributed by atoms with E-state index in [1.807, 2.05) is 24.3 Å². The molecule has 3 rings (SSSR count). The number of rotatable bonds is 3. The van der Waals surface area contributed by atoms with E-state index in [9.17, 15) is 0 Å². The molecular formula is C12H10N6. The van der Waals surface area contributed by atoms with E-state index in [0.29, 0.717) is 12.2 Å². The number of fused-ring (bicyclic) bond motifs is 1. The van der Waals surface area contributed by atoms with E-state index < -0.39 is 0 Å². The van der Waals surface area contributed by atoms with Crippen LogP contribution in [0.5, 0.6) is 0 Å². The van der Waals surface area contributed by atoms with Crippen LogP contribution in [0.3, 0.4) is 0 Å². The minimum Gasteiger partial charge on any atom is -0.364 e. The highest BCUT2D eigenvalue weighted by molar-refractivity contribution is 5.71. The fourth-order valence-electron chi connectivity index (χ4n) is 1.56. The molecule has 0 bridgehead atoms. The molecule has 0 aliphatic rings. The van der Waals surface area contributed by atoms with E-state index in [-0.39, 0.29) is 0 Å². The van der Waals surface area contributed by atoms with Gasteiger partial charge in [-0.15, -0.1) is 0 Å². The summed E-state index contributed by atoms with van der Waals surface area (Å²) in [7, 11) is 0. The number of aromatic nitrogens is 5. The first-order chi connectivity index (χ1) is 8.92. The molecule has 0 amide bonds. The Morgan fingerprint density at radius 2 is 1.94 bits per heavy atom. The van der Waals surface area contributed by atoms with Gasteiger partial charge in [0.1, 0.15) is 11.3 Å². The van der Waals surface area contributed by atoms with Crippen LogP contribution in [0.1, 0.15) is 5.69 Å². The minimum absolute atomic E-state index is 0.576. The summed E-state index contributed by atoms with van der Waals surface area (Å²) in [4.78, 5) is 12.7. The summed E-state index contributed by atoms with van der Waals surface area (Å²) in [6.07, 6.45) is 4.92. The van der Waals surface area contributed by atoms with Crippen LogP contribution in [-0.2, 0) is 6.54 Å². The van der Waals surface area contributed by atoms with E-state index in [1.54, 1.807) is 18.6 Å². The molecule has 0 unspecified atom stereocenters. The third-order valence-corrected chi connectivity index (χ3v) is 2.41. The molecule has 88 valence electrons. The van der Waals surface area contributed by atoms with Gasteiger partial charge in [0, 0.05) is 18.6 Å². The summed E-state index contributed by atoms with van der Waals surface area (Å²) >= 11 is 0. The van der Waals surface area contributed by atoms with Crippen molar-refractivity contribution in [1.29, 1.82) is 0 Å². The van der Waals surface area contributed by atoms with E-state index in [4.69, 9.17) is 0 Å². The number of hydrogen-bond acceptors (Lipinski definition) is 6. The molecule has 0 saturated carbocycles. The van der Waals surface area contributed by atoms with Gasteiger partial charge in [-0.3, -0.25) is 4.98 Å². The second kappa shape index (κ2) is 4.70. The van der Waals surface area contributed by atoms with Crippen molar-refractivity contribution in [1.82, 2.24) is 25.1 Å². The van der Waals surface area contributed by atoms with Crippen molar-refractivity contribution in [3.05, 3.63) is 48.5 Å². The third-order valence-electron chi connectivity index (χ3n) is 2.41. The van der Waals surface area contributed by atoms with Gasteiger partial charge in [-0.1, -0.05) is 0 Å². The maximum absolute atomic E-state index is 4.36. The van der Waals surface area contributed by atoms with Crippen LogP contribution in [0, 0.1) is 0 Å². The smallest absolute Gasteiger partial charge is 0.180 e. The van der Waals surface area contributed by atoms with E-state index >= 15 is 0 Å². The summed E-state index contributed by atoms with van der Waals surface area (Å²) < 4.78 is 0. The molecule has 0 saturated heterocycles. The van der Waals surface area contributed by atoms with Crippen LogP contribution < -0.4 is 5.32 Å². The molecule has 18 heavy (non-hydrogen) atoms. The highest BCUT2D eigenvalue weighted by Crippen LogP contribution is 2.10. The van der Waals surface area contributed by atoms with Gasteiger partial charge in [-0.05, 0) is 24.3 Å². The molecule has 3 aromatic heterocycles. The maximum Gasteiger partial charge on any atom is 0.180 e. The van der Waals surface area contributed by atoms with Crippen molar-refractivity contribution in [2.75, 3.05) is 5.32 Å². The van der Waals surface area contributed by atoms with Gasteiger partial charge in [-0.25, -0.2) is 9.97 Å². The molecule has 3 heterocycles. The number of nitrogens with one attached hydrogen (secondary N) is 1. The zero-order chi connectivity index (χ0) is 12.2. The first-order valence-corrected chi connectivity index (χ1v) is 5.50. The minimum atomic E-state index is 0.576. The maximum atomic E-state index is 4.36. The number of pyridine rings is 1. The summed E-state index contributed by atoms with van der Waals surface area (Å²) in [6, 6.07) is 7.51. The van der Waals surface area contributed by atoms with Crippen LogP contribution in [0.4, 0.5) is 5.82 Å². The average Bonchev–Trinajstić information content (AvgIpc) is 2.46. The van der Waals surface area contributed by atoms with Crippen molar-refractivity contribution in [3.8, 4) is 0 Å². The molecular weight excluding hydrogens is 228 g/mol. The van der Waals surface area contributed by atoms with Crippen LogP contribution in [-0.4, -0.2) is 25.1 Å². The lowest BCUT2D eigenvalue weighted by Crippen LogP contribution is -2.04. The van der Waals surface area contributed by atoms with Gasteiger partial charge in [0.2, 0.25) is 0 Å². The van der Waals surface area contributed by atoms with E-state index in [2.05, 4.69) is 30.5 Å². The van der Waals surface area contributed by atoms with E-state index in [0.717, 1.165) is 17.0 Å². The topological polar surface area (TPSA) is 76.5 Å². The van der Waals surface area contributed by atoms with E-state index in [1.165, 1.54) is 0 Å². The van der Waals surface area contributed by atoms with Crippen molar-refractivity contribution < 1.29 is 0 Å². The molecule has 0 aromatic carbocycles. The Hall–Kier alpha value is -2.63. The lowest BCUT2D eigenvalue weighted by atomic mass is 10.3. The standard InChI is InChI=1S/C12H10N6/c1-2-9(18-16-5-1)8-15-11-4-3-10-12(17-11)14-7-6-13-10/h1-7H,8H2,(H,14,15,17). The largest absolute Gasteiger partial charge is 0.364 e. The molecule has 0 radical (unpaired) electrons. The monoisotopic (exact) mass is 238 g/mol. The quantitative estimate of drug-likeness (QED) is 0.743. The second-order valence-corrected chi connectivity index (χ2v) is 3.66. The van der Waals surface area contributed by atoms with Gasteiger partial charge in [0.15, 0.2) is 5.65 Å². The summed E-state index contributed by atoms with van der Waals surface area (Å²) in [5.74, 6) is 0.744. The molecule has 6 nitrogen and oxygen atoms in total. The SMILES string of the molecule is c1cnnc(CNc2ccc3nccnc3n2)c1. The molecule has 6 heteroatoms. The van der Waals surface area contributed by atoms with Gasteiger partial charge in [0.25, 0.3) is 0 Å². The van der Waals surface area contributed by atoms with Gasteiger partial charge in [0.05, 0.1) is 12.2 Å². The number of nitrogens with zero attached hydrogens (tertiary/aromatic N) is 5. The average molecular weight is 238 g/mol. The summed E-state index contributed by atoms with van der Waals surface area (Å²) in [6.45, 7) is 0.576. The predicted octanol–water partition coefficient (Wildman–Crippen LogP) is 1.43. The van der Waals surface area contributed by atoms with Crippen molar-refractivity contribution in [2.45, 2.75) is 6.54 Å². The molecule has 3 aromatic rings. The van der Waals surface area contributed by atoms with Gasteiger partial charge in [-0.2, -0.15) is 10.2 Å². The zero-order valence-electron chi connectivity index (χ0n) is 9.48. The Morgan fingerprint density at radius 1 is 1.00 bits per heavy atom. The molecule has 0 atom stereocenters. The summed E-state index contributed by atoms with van der Waals surface area (Å²) in [5, 5.41) is 11.0. The Kier molecular flexibility index (Phi) is 2.75. The van der Waals surface area contributed by atoms with Gasteiger partial charge < -0.3 is 5.32 Å². The van der Waals surface area contributed by atoms with Crippen LogP contribution in [0.15, 0.2) is 42.9 Å². The molecule has 1 N–H and O–H groups in total. The molecule has 0 aliphatic heterocycles. The Bertz CT molecular complexity index is 655. The van der Waals surface area contributed by atoms with Crippen molar-refractivity contribution in [2.24, 2.45) is 0 Å². The molecule has 0 spiro atoms. The second-order valence-electron chi connectivity index (χ2n) is 3.66. The highest BCUT2D eigenvalue weighted by Gasteiger charge is 2.00. The lowest BCUT2D eigenvalue weighted by Gasteiger charge is -2.04. The molecule has 0 fully saturated rings. The fourth-order valence-corrected chi connectivity index (χ4v) is 1.56. The fraction of sp³-hybridized carbons (Fsp3) is 0.0833. The normalized spacial score (nSPS) is 10.4. The molecule has 0 aliphatic carbocycles.